The molecule has 0 unspecified atom stereocenters. The van der Waals surface area contributed by atoms with Gasteiger partial charge in [0, 0.05) is 11.3 Å². The summed E-state index contributed by atoms with van der Waals surface area (Å²) in [6.45, 7) is 4.07. The van der Waals surface area contributed by atoms with E-state index in [0.717, 1.165) is 11.3 Å². The van der Waals surface area contributed by atoms with Crippen molar-refractivity contribution < 1.29 is 4.79 Å². The van der Waals surface area contributed by atoms with Crippen LogP contribution in [0.3, 0.4) is 0 Å². The molecular weight excluding hydrogens is 258 g/mol. The lowest BCUT2D eigenvalue weighted by atomic mass is 10.0. The van der Waals surface area contributed by atoms with Crippen LogP contribution in [-0.2, 0) is 4.79 Å². The number of benzene rings is 1. The van der Waals surface area contributed by atoms with E-state index in [2.05, 4.69) is 46.7 Å². The van der Waals surface area contributed by atoms with Gasteiger partial charge in [-0.3, -0.25) is 9.89 Å². The van der Waals surface area contributed by atoms with Crippen LogP contribution < -0.4 is 5.32 Å². The molecule has 0 radical (unpaired) electrons. The number of aryl methyl sites for hydroxylation is 2. The number of amides is 1. The average Bonchev–Trinajstić information content (AvgIpc) is 2.64. The molecule has 0 saturated carbocycles. The number of carbonyl (C=O) groups is 1. The number of nitrogens with one attached hydrogen (secondary N) is 2. The minimum atomic E-state index is 0.00732. The summed E-state index contributed by atoms with van der Waals surface area (Å²) in [6, 6.07) is 8.41. The van der Waals surface area contributed by atoms with Gasteiger partial charge in [0.05, 0.1) is 11.0 Å². The van der Waals surface area contributed by atoms with Gasteiger partial charge in [-0.05, 0) is 19.4 Å². The van der Waals surface area contributed by atoms with Gasteiger partial charge in [-0.1, -0.05) is 29.8 Å². The van der Waals surface area contributed by atoms with Gasteiger partial charge in [-0.15, -0.1) is 11.8 Å². The normalized spacial score (nSPS) is 18.6. The van der Waals surface area contributed by atoms with Crippen LogP contribution in [0.2, 0.25) is 0 Å². The number of carbonyl (C=O) groups excluding carboxylic acids is 1. The number of aromatic amines is 1. The second-order valence-electron chi connectivity index (χ2n) is 4.76. The Kier molecular flexibility index (Phi) is 3.06. The highest BCUT2D eigenvalue weighted by Gasteiger charge is 2.27. The summed E-state index contributed by atoms with van der Waals surface area (Å²) >= 11 is 1.64. The first-order valence-electron chi connectivity index (χ1n) is 6.18. The fourth-order valence-corrected chi connectivity index (χ4v) is 3.54. The molecule has 1 aliphatic rings. The molecule has 1 aromatic heterocycles. The lowest BCUT2D eigenvalue weighted by molar-refractivity contribution is -0.113. The molecule has 4 nitrogen and oxygen atoms in total. The van der Waals surface area contributed by atoms with Gasteiger partial charge in [-0.2, -0.15) is 5.10 Å². The van der Waals surface area contributed by atoms with Crippen molar-refractivity contribution in [3.63, 3.8) is 0 Å². The van der Waals surface area contributed by atoms with Gasteiger partial charge >= 0.3 is 0 Å². The first kappa shape index (κ1) is 12.3. The quantitative estimate of drug-likeness (QED) is 0.840. The van der Waals surface area contributed by atoms with Crippen molar-refractivity contribution in [3.05, 3.63) is 46.6 Å². The average molecular weight is 273 g/mol. The third-order valence-electron chi connectivity index (χ3n) is 3.24. The van der Waals surface area contributed by atoms with E-state index in [0.29, 0.717) is 11.6 Å². The molecule has 0 bridgehead atoms. The Morgan fingerprint density at radius 1 is 1.37 bits per heavy atom. The third kappa shape index (κ3) is 2.26. The van der Waals surface area contributed by atoms with Crippen LogP contribution in [0.1, 0.15) is 27.6 Å². The number of thioether (sulfide) groups is 1. The molecule has 1 atom stereocenters. The Bertz CT molecular complexity index is 635. The zero-order valence-electron chi connectivity index (χ0n) is 10.9. The number of rotatable bonds is 1. The minimum Gasteiger partial charge on any atom is -0.308 e. The fraction of sp³-hybridized carbons (Fsp3) is 0.286. The van der Waals surface area contributed by atoms with Gasteiger partial charge in [0.2, 0.25) is 5.91 Å². The Morgan fingerprint density at radius 2 is 2.21 bits per heavy atom. The lowest BCUT2D eigenvalue weighted by Gasteiger charge is -2.15. The maximum Gasteiger partial charge on any atom is 0.235 e. The first-order chi connectivity index (χ1) is 9.15. The van der Waals surface area contributed by atoms with Crippen LogP contribution in [0, 0.1) is 13.8 Å². The molecule has 2 heterocycles. The topological polar surface area (TPSA) is 57.8 Å². The summed E-state index contributed by atoms with van der Waals surface area (Å²) in [5.74, 6) is 1.13. The molecule has 1 aliphatic heterocycles. The molecule has 0 fully saturated rings. The van der Waals surface area contributed by atoms with Crippen LogP contribution in [0.5, 0.6) is 0 Å². The summed E-state index contributed by atoms with van der Waals surface area (Å²) in [7, 11) is 0. The fourth-order valence-electron chi connectivity index (χ4n) is 2.36. The van der Waals surface area contributed by atoms with E-state index in [1.54, 1.807) is 11.8 Å². The van der Waals surface area contributed by atoms with E-state index in [1.807, 2.05) is 6.92 Å². The molecule has 0 saturated heterocycles. The molecule has 2 aromatic rings. The van der Waals surface area contributed by atoms with Crippen LogP contribution in [0.4, 0.5) is 5.82 Å². The van der Waals surface area contributed by atoms with Crippen molar-refractivity contribution in [1.82, 2.24) is 10.2 Å². The Labute approximate surface area is 116 Å². The maximum atomic E-state index is 11.7. The molecule has 3 rings (SSSR count). The number of aromatic nitrogens is 2. The highest BCUT2D eigenvalue weighted by Crippen LogP contribution is 2.42. The van der Waals surface area contributed by atoms with Gasteiger partial charge in [0.25, 0.3) is 0 Å². The summed E-state index contributed by atoms with van der Waals surface area (Å²) in [5.41, 5.74) is 4.54. The van der Waals surface area contributed by atoms with E-state index in [-0.39, 0.29) is 11.2 Å². The van der Waals surface area contributed by atoms with E-state index in [1.165, 1.54) is 11.1 Å². The highest BCUT2D eigenvalue weighted by atomic mass is 32.2. The van der Waals surface area contributed by atoms with Crippen LogP contribution in [-0.4, -0.2) is 21.9 Å². The van der Waals surface area contributed by atoms with Crippen molar-refractivity contribution in [2.24, 2.45) is 0 Å². The molecule has 1 amide bonds. The number of anilines is 1. The maximum absolute atomic E-state index is 11.7. The highest BCUT2D eigenvalue weighted by molar-refractivity contribution is 8.00. The van der Waals surface area contributed by atoms with Crippen molar-refractivity contribution in [1.29, 1.82) is 0 Å². The van der Waals surface area contributed by atoms with E-state index in [9.17, 15) is 4.79 Å². The third-order valence-corrected chi connectivity index (χ3v) is 4.51. The van der Waals surface area contributed by atoms with E-state index < -0.39 is 0 Å². The predicted octanol–water partition coefficient (Wildman–Crippen LogP) is 2.80. The zero-order valence-corrected chi connectivity index (χ0v) is 11.7. The molecule has 5 heteroatoms. The second kappa shape index (κ2) is 4.74. The van der Waals surface area contributed by atoms with Gasteiger partial charge in [0.1, 0.15) is 0 Å². The molecule has 0 spiro atoms. The largest absolute Gasteiger partial charge is 0.308 e. The lowest BCUT2D eigenvalue weighted by Crippen LogP contribution is -2.12. The molecule has 1 aromatic carbocycles. The number of H-pyrrole nitrogens is 1. The number of hydrogen-bond acceptors (Lipinski definition) is 3. The summed E-state index contributed by atoms with van der Waals surface area (Å²) in [6.07, 6.45) is 0. The SMILES string of the molecule is Cc1cccc([C@H]2SCC(=O)Nc3n[nH]c(C)c32)c1. The smallest absolute Gasteiger partial charge is 0.235 e. The molecule has 98 valence electrons. The van der Waals surface area contributed by atoms with Crippen molar-refractivity contribution in [2.45, 2.75) is 19.1 Å². The van der Waals surface area contributed by atoms with Gasteiger partial charge in [0.15, 0.2) is 5.82 Å². The van der Waals surface area contributed by atoms with Crippen LogP contribution in [0.15, 0.2) is 24.3 Å². The van der Waals surface area contributed by atoms with Crippen molar-refractivity contribution in [3.8, 4) is 0 Å². The minimum absolute atomic E-state index is 0.00732. The van der Waals surface area contributed by atoms with Crippen LogP contribution in [0.25, 0.3) is 0 Å². The summed E-state index contributed by atoms with van der Waals surface area (Å²) < 4.78 is 0. The predicted molar refractivity (Wildman–Crippen MR) is 77.4 cm³/mol. The molecule has 0 aliphatic carbocycles. The summed E-state index contributed by atoms with van der Waals surface area (Å²) in [5, 5.41) is 10.2. The Morgan fingerprint density at radius 3 is 3.00 bits per heavy atom. The zero-order chi connectivity index (χ0) is 13.4. The molecule has 19 heavy (non-hydrogen) atoms. The standard InChI is InChI=1S/C14H15N3OS/c1-8-4-3-5-10(6-8)13-12-9(2)16-17-14(12)15-11(18)7-19-13/h3-6,13H,7H2,1-2H3,(H2,15,16,17,18)/t13-/m1/s1. The molecular formula is C14H15N3OS. The van der Waals surface area contributed by atoms with E-state index >= 15 is 0 Å². The number of nitrogens with zero attached hydrogens (tertiary/aromatic N) is 1. The van der Waals surface area contributed by atoms with Crippen molar-refractivity contribution >= 4 is 23.5 Å². The first-order valence-corrected chi connectivity index (χ1v) is 7.23. The number of hydrogen-bond donors (Lipinski definition) is 2. The van der Waals surface area contributed by atoms with E-state index in [4.69, 9.17) is 0 Å². The summed E-state index contributed by atoms with van der Waals surface area (Å²) in [4.78, 5) is 11.7. The van der Waals surface area contributed by atoms with Crippen LogP contribution >= 0.6 is 11.8 Å². The molecule has 2 N–H and O–H groups in total. The second-order valence-corrected chi connectivity index (χ2v) is 5.86. The van der Waals surface area contributed by atoms with Gasteiger partial charge < -0.3 is 5.32 Å². The van der Waals surface area contributed by atoms with Crippen molar-refractivity contribution in [2.75, 3.05) is 11.1 Å². The monoisotopic (exact) mass is 273 g/mol. The Balaban J connectivity index is 2.11. The number of fused-ring (bicyclic) bond motifs is 1. The Hall–Kier alpha value is -1.75. The van der Waals surface area contributed by atoms with Gasteiger partial charge in [-0.25, -0.2) is 0 Å².